The summed E-state index contributed by atoms with van der Waals surface area (Å²) in [4.78, 5) is 12.2. The number of nitrogens with one attached hydrogen (secondary N) is 1. The van der Waals surface area contributed by atoms with E-state index in [0.717, 1.165) is 17.3 Å². The van der Waals surface area contributed by atoms with Crippen LogP contribution in [0.25, 0.3) is 0 Å². The number of hydrogen-bond acceptors (Lipinski definition) is 1. The van der Waals surface area contributed by atoms with Crippen molar-refractivity contribution >= 4 is 33.4 Å². The van der Waals surface area contributed by atoms with E-state index in [1.54, 1.807) is 12.1 Å². The van der Waals surface area contributed by atoms with Gasteiger partial charge in [0, 0.05) is 10.5 Å². The highest BCUT2D eigenvalue weighted by atomic mass is 79.9. The molecule has 0 fully saturated rings. The zero-order chi connectivity index (χ0) is 15.2. The molecule has 0 spiro atoms. The largest absolute Gasteiger partial charge is 0.350 e. The predicted octanol–water partition coefficient (Wildman–Crippen LogP) is 4.85. The topological polar surface area (TPSA) is 29.1 Å². The van der Waals surface area contributed by atoms with Gasteiger partial charge in [-0.25, -0.2) is 0 Å². The number of aryl methyl sites for hydroxylation is 1. The Hall–Kier alpha value is -1.32. The van der Waals surface area contributed by atoms with Crippen molar-refractivity contribution in [1.82, 2.24) is 5.32 Å². The summed E-state index contributed by atoms with van der Waals surface area (Å²) in [6.45, 7) is 2.01. The standard InChI is InChI=1S/C17H17BrClNO/c1-12(7-8-13-5-3-2-4-6-13)20-17(21)15-11-14(18)9-10-16(15)19/h2-6,9-12H,7-8H2,1H3,(H,20,21). The second-order valence-corrected chi connectivity index (χ2v) is 6.35. The zero-order valence-electron chi connectivity index (χ0n) is 11.8. The Bertz CT molecular complexity index is 615. The van der Waals surface area contributed by atoms with E-state index in [0.29, 0.717) is 10.6 Å². The second-order valence-electron chi connectivity index (χ2n) is 5.02. The van der Waals surface area contributed by atoms with Crippen molar-refractivity contribution in [2.75, 3.05) is 0 Å². The molecule has 1 amide bonds. The lowest BCUT2D eigenvalue weighted by molar-refractivity contribution is 0.0938. The molecule has 0 aliphatic rings. The van der Waals surface area contributed by atoms with Gasteiger partial charge in [-0.2, -0.15) is 0 Å². The number of hydrogen-bond donors (Lipinski definition) is 1. The third-order valence-electron chi connectivity index (χ3n) is 3.26. The Morgan fingerprint density at radius 2 is 1.95 bits per heavy atom. The summed E-state index contributed by atoms with van der Waals surface area (Å²) in [5, 5.41) is 3.45. The summed E-state index contributed by atoms with van der Waals surface area (Å²) in [7, 11) is 0. The summed E-state index contributed by atoms with van der Waals surface area (Å²) >= 11 is 9.42. The first-order chi connectivity index (χ1) is 10.1. The minimum atomic E-state index is -0.137. The fourth-order valence-electron chi connectivity index (χ4n) is 2.07. The Morgan fingerprint density at radius 3 is 2.67 bits per heavy atom. The lowest BCUT2D eigenvalue weighted by Crippen LogP contribution is -2.33. The van der Waals surface area contributed by atoms with Gasteiger partial charge < -0.3 is 5.32 Å². The molecule has 0 radical (unpaired) electrons. The SMILES string of the molecule is CC(CCc1ccccc1)NC(=O)c1cc(Br)ccc1Cl. The van der Waals surface area contributed by atoms with E-state index in [9.17, 15) is 4.79 Å². The van der Waals surface area contributed by atoms with Gasteiger partial charge in [0.15, 0.2) is 0 Å². The smallest absolute Gasteiger partial charge is 0.253 e. The van der Waals surface area contributed by atoms with E-state index in [2.05, 4.69) is 33.4 Å². The molecule has 0 saturated carbocycles. The number of halogens is 2. The van der Waals surface area contributed by atoms with Gasteiger partial charge in [-0.15, -0.1) is 0 Å². The van der Waals surface area contributed by atoms with Crippen LogP contribution in [0.15, 0.2) is 53.0 Å². The predicted molar refractivity (Wildman–Crippen MR) is 90.8 cm³/mol. The molecule has 2 aromatic rings. The van der Waals surface area contributed by atoms with Crippen molar-refractivity contribution < 1.29 is 4.79 Å². The molecule has 0 aliphatic heterocycles. The zero-order valence-corrected chi connectivity index (χ0v) is 14.1. The summed E-state index contributed by atoms with van der Waals surface area (Å²) in [5.41, 5.74) is 1.77. The molecule has 0 aliphatic carbocycles. The maximum atomic E-state index is 12.2. The molecular weight excluding hydrogens is 350 g/mol. The van der Waals surface area contributed by atoms with Gasteiger partial charge >= 0.3 is 0 Å². The van der Waals surface area contributed by atoms with Gasteiger partial charge in [-0.1, -0.05) is 57.9 Å². The third-order valence-corrected chi connectivity index (χ3v) is 4.08. The van der Waals surface area contributed by atoms with Gasteiger partial charge in [-0.3, -0.25) is 4.79 Å². The van der Waals surface area contributed by atoms with Crippen molar-refractivity contribution in [3.8, 4) is 0 Å². The van der Waals surface area contributed by atoms with E-state index in [4.69, 9.17) is 11.6 Å². The first-order valence-corrected chi connectivity index (χ1v) is 8.03. The van der Waals surface area contributed by atoms with Gasteiger partial charge in [0.2, 0.25) is 0 Å². The van der Waals surface area contributed by atoms with Crippen LogP contribution in [0.4, 0.5) is 0 Å². The molecule has 0 aromatic heterocycles. The molecule has 1 atom stereocenters. The Labute approximate surface area is 138 Å². The molecule has 2 aromatic carbocycles. The number of carbonyl (C=O) groups excluding carboxylic acids is 1. The average molecular weight is 367 g/mol. The van der Waals surface area contributed by atoms with Crippen LogP contribution >= 0.6 is 27.5 Å². The van der Waals surface area contributed by atoms with Crippen LogP contribution in [0.3, 0.4) is 0 Å². The quantitative estimate of drug-likeness (QED) is 0.805. The summed E-state index contributed by atoms with van der Waals surface area (Å²) in [6.07, 6.45) is 1.83. The first-order valence-electron chi connectivity index (χ1n) is 6.86. The van der Waals surface area contributed by atoms with E-state index in [1.807, 2.05) is 31.2 Å². The van der Waals surface area contributed by atoms with Crippen LogP contribution in [-0.4, -0.2) is 11.9 Å². The monoisotopic (exact) mass is 365 g/mol. The second kappa shape index (κ2) is 7.62. The van der Waals surface area contributed by atoms with Crippen LogP contribution in [-0.2, 0) is 6.42 Å². The molecule has 110 valence electrons. The van der Waals surface area contributed by atoms with Crippen LogP contribution in [0.2, 0.25) is 5.02 Å². The Balaban J connectivity index is 1.91. The van der Waals surface area contributed by atoms with E-state index in [-0.39, 0.29) is 11.9 Å². The fourth-order valence-corrected chi connectivity index (χ4v) is 2.64. The number of carbonyl (C=O) groups is 1. The summed E-state index contributed by atoms with van der Waals surface area (Å²) < 4.78 is 0.842. The highest BCUT2D eigenvalue weighted by molar-refractivity contribution is 9.10. The number of amides is 1. The minimum Gasteiger partial charge on any atom is -0.350 e. The Morgan fingerprint density at radius 1 is 1.24 bits per heavy atom. The van der Waals surface area contributed by atoms with E-state index < -0.39 is 0 Å². The Kier molecular flexibility index (Phi) is 5.83. The highest BCUT2D eigenvalue weighted by Crippen LogP contribution is 2.21. The molecule has 1 unspecified atom stereocenters. The van der Waals surface area contributed by atoms with Crippen molar-refractivity contribution in [3.63, 3.8) is 0 Å². The van der Waals surface area contributed by atoms with E-state index >= 15 is 0 Å². The highest BCUT2D eigenvalue weighted by Gasteiger charge is 2.13. The molecule has 0 heterocycles. The van der Waals surface area contributed by atoms with Gasteiger partial charge in [0.05, 0.1) is 10.6 Å². The lowest BCUT2D eigenvalue weighted by atomic mass is 10.1. The molecule has 2 rings (SSSR count). The third kappa shape index (κ3) is 4.87. The van der Waals surface area contributed by atoms with Crippen molar-refractivity contribution in [1.29, 1.82) is 0 Å². The molecule has 4 heteroatoms. The maximum absolute atomic E-state index is 12.2. The van der Waals surface area contributed by atoms with Crippen LogP contribution in [0.1, 0.15) is 29.3 Å². The first kappa shape index (κ1) is 16.1. The summed E-state index contributed by atoms with van der Waals surface area (Å²) in [5.74, 6) is -0.137. The average Bonchev–Trinajstić information content (AvgIpc) is 2.48. The molecule has 2 nitrogen and oxygen atoms in total. The van der Waals surface area contributed by atoms with Crippen molar-refractivity contribution in [2.24, 2.45) is 0 Å². The maximum Gasteiger partial charge on any atom is 0.253 e. The van der Waals surface area contributed by atoms with Gasteiger partial charge in [-0.05, 0) is 43.5 Å². The summed E-state index contributed by atoms with van der Waals surface area (Å²) in [6, 6.07) is 15.6. The lowest BCUT2D eigenvalue weighted by Gasteiger charge is -2.14. The molecular formula is C17H17BrClNO. The van der Waals surface area contributed by atoms with Crippen molar-refractivity contribution in [2.45, 2.75) is 25.8 Å². The number of rotatable bonds is 5. The van der Waals surface area contributed by atoms with E-state index in [1.165, 1.54) is 5.56 Å². The fraction of sp³-hybridized carbons (Fsp3) is 0.235. The normalized spacial score (nSPS) is 12.0. The molecule has 21 heavy (non-hydrogen) atoms. The van der Waals surface area contributed by atoms with Crippen molar-refractivity contribution in [3.05, 3.63) is 69.2 Å². The van der Waals surface area contributed by atoms with Crippen LogP contribution in [0.5, 0.6) is 0 Å². The van der Waals surface area contributed by atoms with Crippen LogP contribution < -0.4 is 5.32 Å². The van der Waals surface area contributed by atoms with Gasteiger partial charge in [0.25, 0.3) is 5.91 Å². The molecule has 1 N–H and O–H groups in total. The van der Waals surface area contributed by atoms with Crippen LogP contribution in [0, 0.1) is 0 Å². The molecule has 0 bridgehead atoms. The number of benzene rings is 2. The minimum absolute atomic E-state index is 0.0905. The molecule has 0 saturated heterocycles. The van der Waals surface area contributed by atoms with Gasteiger partial charge in [0.1, 0.15) is 0 Å².